The molecule has 1 aliphatic rings. The van der Waals surface area contributed by atoms with Crippen molar-refractivity contribution in [2.75, 3.05) is 0 Å². The van der Waals surface area contributed by atoms with Crippen molar-refractivity contribution in [3.05, 3.63) is 144 Å². The summed E-state index contributed by atoms with van der Waals surface area (Å²) in [6, 6.07) is 32.6. The van der Waals surface area contributed by atoms with E-state index in [1.165, 1.54) is 16.7 Å². The third-order valence-corrected chi connectivity index (χ3v) is 5.16. The fourth-order valence-electron chi connectivity index (χ4n) is 4.03. The number of benzene rings is 3. The van der Waals surface area contributed by atoms with E-state index in [-0.39, 0.29) is 11.3 Å². The van der Waals surface area contributed by atoms with E-state index < -0.39 is 0 Å². The van der Waals surface area contributed by atoms with Gasteiger partial charge in [0.05, 0.1) is 5.41 Å². The molecule has 1 aliphatic carbocycles. The van der Waals surface area contributed by atoms with Crippen LogP contribution in [0.2, 0.25) is 0 Å². The molecule has 0 saturated carbocycles. The van der Waals surface area contributed by atoms with Crippen LogP contribution in [0.5, 0.6) is 0 Å². The van der Waals surface area contributed by atoms with Crippen molar-refractivity contribution in [1.82, 2.24) is 0 Å². The molecule has 0 heterocycles. The fraction of sp³-hybridized carbons (Fsp3) is 0.0769. The molecule has 0 bridgehead atoms. The molecule has 3 aromatic rings. The lowest BCUT2D eigenvalue weighted by Crippen LogP contribution is -2.36. The summed E-state index contributed by atoms with van der Waals surface area (Å²) in [5, 5.41) is 0. The van der Waals surface area contributed by atoms with Gasteiger partial charge < -0.3 is 0 Å². The van der Waals surface area contributed by atoms with Crippen molar-refractivity contribution in [1.29, 1.82) is 0 Å². The van der Waals surface area contributed by atoms with E-state index in [0.717, 1.165) is 0 Å². The average molecular weight is 334 g/mol. The van der Waals surface area contributed by atoms with Crippen molar-refractivity contribution in [3.8, 4) is 0 Å². The Balaban J connectivity index is 2.07. The Bertz CT molecular complexity index is 803. The van der Waals surface area contributed by atoms with Crippen LogP contribution in [0.15, 0.2) is 127 Å². The van der Waals surface area contributed by atoms with Gasteiger partial charge in [-0.25, -0.2) is 0 Å². The zero-order chi connectivity index (χ0) is 17.7. The lowest BCUT2D eigenvalue weighted by Gasteiger charge is -2.40. The van der Waals surface area contributed by atoms with Gasteiger partial charge in [-0.15, -0.1) is 0 Å². The lowest BCUT2D eigenvalue weighted by molar-refractivity contribution is 0.524. The number of allylic oxidation sites excluding steroid dienone is 6. The molecule has 0 radical (unpaired) electrons. The normalized spacial score (nSPS) is 14.3. The third-order valence-electron chi connectivity index (χ3n) is 5.16. The van der Waals surface area contributed by atoms with E-state index in [4.69, 9.17) is 0 Å². The van der Waals surface area contributed by atoms with Gasteiger partial charge in [0.25, 0.3) is 0 Å². The van der Waals surface area contributed by atoms with Crippen LogP contribution in [-0.2, 0) is 5.41 Å². The van der Waals surface area contributed by atoms with Gasteiger partial charge in [-0.05, 0) is 16.7 Å². The van der Waals surface area contributed by atoms with Gasteiger partial charge in [-0.2, -0.15) is 0 Å². The second-order valence-electron chi connectivity index (χ2n) is 6.59. The van der Waals surface area contributed by atoms with E-state index in [1.54, 1.807) is 0 Å². The molecule has 4 rings (SSSR count). The van der Waals surface area contributed by atoms with Gasteiger partial charge in [-0.1, -0.05) is 127 Å². The third kappa shape index (κ3) is 2.84. The van der Waals surface area contributed by atoms with E-state index in [1.807, 2.05) is 0 Å². The minimum Gasteiger partial charge on any atom is -0.0760 e. The van der Waals surface area contributed by atoms with Crippen LogP contribution < -0.4 is 0 Å². The summed E-state index contributed by atoms with van der Waals surface area (Å²) in [6.45, 7) is 0. The van der Waals surface area contributed by atoms with Gasteiger partial charge in [0.15, 0.2) is 0 Å². The Kier molecular flexibility index (Phi) is 4.66. The molecule has 26 heavy (non-hydrogen) atoms. The van der Waals surface area contributed by atoms with E-state index >= 15 is 0 Å². The number of rotatable bonds is 4. The maximum Gasteiger partial charge on any atom is 0.0548 e. The molecule has 0 spiro atoms. The van der Waals surface area contributed by atoms with Gasteiger partial charge in [0.1, 0.15) is 0 Å². The molecular formula is C26H22. The van der Waals surface area contributed by atoms with Crippen molar-refractivity contribution < 1.29 is 0 Å². The van der Waals surface area contributed by atoms with Gasteiger partial charge in [0.2, 0.25) is 0 Å². The topological polar surface area (TPSA) is 0 Å². The molecule has 126 valence electrons. The standard InChI is InChI=1S/C26H22/c1-2-7-15-22(14-6-1)26(23-16-8-3-9-17-23,24-18-10-4-11-19-24)25-20-12-5-13-21-25/h1-22H. The molecule has 0 fully saturated rings. The number of hydrogen-bond donors (Lipinski definition) is 0. The van der Waals surface area contributed by atoms with Gasteiger partial charge >= 0.3 is 0 Å². The molecule has 0 nitrogen and oxygen atoms in total. The summed E-state index contributed by atoms with van der Waals surface area (Å²) in [7, 11) is 0. The lowest BCUT2D eigenvalue weighted by atomic mass is 9.61. The number of hydrogen-bond acceptors (Lipinski definition) is 0. The van der Waals surface area contributed by atoms with Crippen LogP contribution in [-0.4, -0.2) is 0 Å². The maximum absolute atomic E-state index is 2.31. The quantitative estimate of drug-likeness (QED) is 0.490. The van der Waals surface area contributed by atoms with Crippen LogP contribution in [0.4, 0.5) is 0 Å². The van der Waals surface area contributed by atoms with Crippen LogP contribution in [0.25, 0.3) is 0 Å². The van der Waals surface area contributed by atoms with Crippen LogP contribution in [0, 0.1) is 5.92 Å². The first-order chi connectivity index (χ1) is 12.9. The van der Waals surface area contributed by atoms with Crippen molar-refractivity contribution in [2.45, 2.75) is 5.41 Å². The highest BCUT2D eigenvalue weighted by molar-refractivity contribution is 5.54. The molecule has 0 aromatic heterocycles. The summed E-state index contributed by atoms with van der Waals surface area (Å²) < 4.78 is 0. The van der Waals surface area contributed by atoms with E-state index in [0.29, 0.717) is 0 Å². The highest BCUT2D eigenvalue weighted by Gasteiger charge is 2.41. The fourth-order valence-corrected chi connectivity index (χ4v) is 4.03. The maximum atomic E-state index is 2.31. The zero-order valence-corrected chi connectivity index (χ0v) is 14.7. The smallest absolute Gasteiger partial charge is 0.0548 e. The van der Waals surface area contributed by atoms with E-state index in [9.17, 15) is 0 Å². The highest BCUT2D eigenvalue weighted by atomic mass is 14.4. The largest absolute Gasteiger partial charge is 0.0760 e. The molecule has 0 unspecified atom stereocenters. The minimum absolute atomic E-state index is 0.213. The van der Waals surface area contributed by atoms with Crippen LogP contribution in [0.3, 0.4) is 0 Å². The average Bonchev–Trinajstić information content (AvgIpc) is 3.01. The Morgan fingerprint density at radius 1 is 0.423 bits per heavy atom. The van der Waals surface area contributed by atoms with Gasteiger partial charge in [0, 0.05) is 5.92 Å². The summed E-state index contributed by atoms with van der Waals surface area (Å²) in [5.74, 6) is 0.213. The SMILES string of the molecule is C1=CC=CC(C(c2ccccc2)(c2ccccc2)c2ccccc2)C=C1. The molecule has 0 atom stereocenters. The van der Waals surface area contributed by atoms with E-state index in [2.05, 4.69) is 127 Å². The van der Waals surface area contributed by atoms with Gasteiger partial charge in [-0.3, -0.25) is 0 Å². The van der Waals surface area contributed by atoms with Crippen LogP contribution >= 0.6 is 0 Å². The summed E-state index contributed by atoms with van der Waals surface area (Å²) >= 11 is 0. The summed E-state index contributed by atoms with van der Waals surface area (Å²) in [4.78, 5) is 0. The summed E-state index contributed by atoms with van der Waals surface area (Å²) in [6.07, 6.45) is 13.1. The Morgan fingerprint density at radius 3 is 1.12 bits per heavy atom. The predicted octanol–water partition coefficient (Wildman–Crippen LogP) is 6.32. The minimum atomic E-state index is -0.275. The Labute approximate surface area is 155 Å². The Hall–Kier alpha value is -3.12. The second-order valence-corrected chi connectivity index (χ2v) is 6.59. The Morgan fingerprint density at radius 2 is 0.769 bits per heavy atom. The van der Waals surface area contributed by atoms with Crippen molar-refractivity contribution >= 4 is 0 Å². The summed E-state index contributed by atoms with van der Waals surface area (Å²) in [5.41, 5.74) is 3.64. The molecular weight excluding hydrogens is 312 g/mol. The predicted molar refractivity (Wildman–Crippen MR) is 110 cm³/mol. The van der Waals surface area contributed by atoms with Crippen LogP contribution in [0.1, 0.15) is 16.7 Å². The highest BCUT2D eigenvalue weighted by Crippen LogP contribution is 2.46. The molecule has 0 saturated heterocycles. The van der Waals surface area contributed by atoms with Crippen molar-refractivity contribution in [2.24, 2.45) is 5.92 Å². The molecule has 0 N–H and O–H groups in total. The molecule has 3 aromatic carbocycles. The second kappa shape index (κ2) is 7.41. The first-order valence-corrected chi connectivity index (χ1v) is 9.10. The monoisotopic (exact) mass is 334 g/mol. The molecule has 0 aliphatic heterocycles. The molecule has 0 heteroatoms. The first-order valence-electron chi connectivity index (χ1n) is 9.10. The zero-order valence-electron chi connectivity index (χ0n) is 14.7. The molecule has 0 amide bonds. The van der Waals surface area contributed by atoms with Crippen molar-refractivity contribution in [3.63, 3.8) is 0 Å². The first kappa shape index (κ1) is 16.4.